The van der Waals surface area contributed by atoms with E-state index in [-0.39, 0.29) is 5.54 Å². The third-order valence-corrected chi connectivity index (χ3v) is 3.57. The van der Waals surface area contributed by atoms with Gasteiger partial charge in [-0.05, 0) is 40.3 Å². The fourth-order valence-electron chi connectivity index (χ4n) is 2.25. The molecule has 4 heteroatoms. The maximum atomic E-state index is 5.64. The number of rotatable bonds is 5. The summed E-state index contributed by atoms with van der Waals surface area (Å²) >= 11 is 0. The number of likely N-dealkylation sites (N-methyl/N-ethyl adjacent to an activating group) is 1. The van der Waals surface area contributed by atoms with E-state index >= 15 is 0 Å². The fraction of sp³-hybridized carbons (Fsp3) is 0.733. The lowest BCUT2D eigenvalue weighted by Crippen LogP contribution is -2.35. The maximum Gasteiger partial charge on any atom is 0.122 e. The predicted molar refractivity (Wildman–Crippen MR) is 76.0 cm³/mol. The number of nitrogens with zero attached hydrogens (tertiary/aromatic N) is 1. The fourth-order valence-corrected chi connectivity index (χ4v) is 2.25. The van der Waals surface area contributed by atoms with E-state index in [0.29, 0.717) is 6.04 Å². The summed E-state index contributed by atoms with van der Waals surface area (Å²) in [5.74, 6) is 1.06. The van der Waals surface area contributed by atoms with Crippen molar-refractivity contribution in [2.24, 2.45) is 0 Å². The molecule has 1 N–H and O–H groups in total. The van der Waals surface area contributed by atoms with Crippen molar-refractivity contribution in [3.8, 4) is 0 Å². The van der Waals surface area contributed by atoms with Gasteiger partial charge >= 0.3 is 0 Å². The Labute approximate surface area is 116 Å². The molecule has 1 saturated heterocycles. The molecule has 0 saturated carbocycles. The monoisotopic (exact) mass is 266 g/mol. The van der Waals surface area contributed by atoms with Gasteiger partial charge in [-0.15, -0.1) is 0 Å². The maximum absolute atomic E-state index is 5.64. The summed E-state index contributed by atoms with van der Waals surface area (Å²) < 4.78 is 11.1. The molecule has 1 aromatic rings. The second-order valence-corrected chi connectivity index (χ2v) is 6.41. The summed E-state index contributed by atoms with van der Waals surface area (Å²) in [4.78, 5) is 2.33. The van der Waals surface area contributed by atoms with Crippen LogP contribution in [0.5, 0.6) is 0 Å². The minimum absolute atomic E-state index is 0.125. The Morgan fingerprint density at radius 3 is 2.84 bits per heavy atom. The van der Waals surface area contributed by atoms with Crippen LogP contribution in [-0.2, 0) is 17.8 Å². The summed E-state index contributed by atoms with van der Waals surface area (Å²) in [6.45, 7) is 9.95. The number of furan rings is 1. The van der Waals surface area contributed by atoms with Crippen LogP contribution >= 0.6 is 0 Å². The van der Waals surface area contributed by atoms with Gasteiger partial charge in [0, 0.05) is 30.3 Å². The zero-order valence-electron chi connectivity index (χ0n) is 12.5. The molecule has 108 valence electrons. The second kappa shape index (κ2) is 6.07. The van der Waals surface area contributed by atoms with Crippen molar-refractivity contribution in [2.75, 3.05) is 20.3 Å². The molecule has 0 radical (unpaired) electrons. The molecule has 2 rings (SSSR count). The third-order valence-electron chi connectivity index (χ3n) is 3.57. The van der Waals surface area contributed by atoms with Gasteiger partial charge in [-0.25, -0.2) is 0 Å². The SMILES string of the molecule is CN(Cc1occc1CNC(C)(C)C)C1CCOC1. The Bertz CT molecular complexity index is 389. The highest BCUT2D eigenvalue weighted by molar-refractivity contribution is 5.17. The van der Waals surface area contributed by atoms with Gasteiger partial charge in [-0.1, -0.05) is 0 Å². The summed E-state index contributed by atoms with van der Waals surface area (Å²) in [6, 6.07) is 2.58. The predicted octanol–water partition coefficient (Wildman–Crippen LogP) is 2.39. The van der Waals surface area contributed by atoms with Crippen LogP contribution < -0.4 is 5.32 Å². The van der Waals surface area contributed by atoms with Gasteiger partial charge < -0.3 is 14.5 Å². The molecule has 1 aromatic heterocycles. The molecule has 1 aliphatic heterocycles. The van der Waals surface area contributed by atoms with Gasteiger partial charge in [-0.2, -0.15) is 0 Å². The van der Waals surface area contributed by atoms with Gasteiger partial charge in [0.25, 0.3) is 0 Å². The van der Waals surface area contributed by atoms with Crippen LogP contribution in [0, 0.1) is 0 Å². The van der Waals surface area contributed by atoms with E-state index in [2.05, 4.69) is 44.1 Å². The van der Waals surface area contributed by atoms with E-state index < -0.39 is 0 Å². The van der Waals surface area contributed by atoms with Crippen molar-refractivity contribution in [3.63, 3.8) is 0 Å². The Kier molecular flexibility index (Phi) is 4.66. The zero-order valence-corrected chi connectivity index (χ0v) is 12.5. The number of hydrogen-bond donors (Lipinski definition) is 1. The molecule has 1 unspecified atom stereocenters. The quantitative estimate of drug-likeness (QED) is 0.888. The zero-order chi connectivity index (χ0) is 13.9. The molecule has 0 spiro atoms. The van der Waals surface area contributed by atoms with Crippen LogP contribution in [0.3, 0.4) is 0 Å². The first-order valence-electron chi connectivity index (χ1n) is 7.04. The average molecular weight is 266 g/mol. The Morgan fingerprint density at radius 1 is 1.42 bits per heavy atom. The Morgan fingerprint density at radius 2 is 2.21 bits per heavy atom. The van der Waals surface area contributed by atoms with Crippen LogP contribution in [0.4, 0.5) is 0 Å². The molecule has 0 bridgehead atoms. The molecular weight excluding hydrogens is 240 g/mol. The lowest BCUT2D eigenvalue weighted by atomic mass is 10.1. The van der Waals surface area contributed by atoms with E-state index in [1.807, 2.05) is 0 Å². The van der Waals surface area contributed by atoms with Crippen molar-refractivity contribution >= 4 is 0 Å². The molecule has 19 heavy (non-hydrogen) atoms. The number of nitrogens with one attached hydrogen (secondary N) is 1. The van der Waals surface area contributed by atoms with Gasteiger partial charge in [-0.3, -0.25) is 4.90 Å². The number of ether oxygens (including phenoxy) is 1. The standard InChI is InChI=1S/C15H26N2O2/c1-15(2,3)16-9-12-5-8-19-14(12)10-17(4)13-6-7-18-11-13/h5,8,13,16H,6-7,9-11H2,1-4H3. The van der Waals surface area contributed by atoms with Gasteiger partial charge in [0.15, 0.2) is 0 Å². The Hall–Kier alpha value is -0.840. The molecule has 4 nitrogen and oxygen atoms in total. The van der Waals surface area contributed by atoms with Gasteiger partial charge in [0.1, 0.15) is 5.76 Å². The molecular formula is C15H26N2O2. The average Bonchev–Trinajstić information content (AvgIpc) is 2.96. The molecule has 2 heterocycles. The normalized spacial score (nSPS) is 20.4. The van der Waals surface area contributed by atoms with Crippen molar-refractivity contribution in [1.82, 2.24) is 10.2 Å². The van der Waals surface area contributed by atoms with Crippen LogP contribution in [0.15, 0.2) is 16.7 Å². The molecule has 1 fully saturated rings. The summed E-state index contributed by atoms with van der Waals surface area (Å²) in [7, 11) is 2.14. The smallest absolute Gasteiger partial charge is 0.122 e. The second-order valence-electron chi connectivity index (χ2n) is 6.41. The highest BCUT2D eigenvalue weighted by atomic mass is 16.5. The summed E-state index contributed by atoms with van der Waals surface area (Å²) in [6.07, 6.45) is 2.90. The summed E-state index contributed by atoms with van der Waals surface area (Å²) in [5, 5.41) is 3.50. The Balaban J connectivity index is 1.91. The number of hydrogen-bond acceptors (Lipinski definition) is 4. The van der Waals surface area contributed by atoms with E-state index in [1.165, 1.54) is 5.56 Å². The van der Waals surface area contributed by atoms with Gasteiger partial charge in [0.05, 0.1) is 19.4 Å². The van der Waals surface area contributed by atoms with Crippen LogP contribution in [0.1, 0.15) is 38.5 Å². The van der Waals surface area contributed by atoms with Crippen molar-refractivity contribution in [2.45, 2.75) is 51.9 Å². The van der Waals surface area contributed by atoms with Crippen molar-refractivity contribution < 1.29 is 9.15 Å². The van der Waals surface area contributed by atoms with E-state index in [0.717, 1.165) is 38.5 Å². The molecule has 0 amide bonds. The molecule has 0 aliphatic carbocycles. The van der Waals surface area contributed by atoms with Crippen molar-refractivity contribution in [1.29, 1.82) is 0 Å². The molecule has 0 aromatic carbocycles. The molecule has 1 atom stereocenters. The lowest BCUT2D eigenvalue weighted by molar-refractivity contribution is 0.151. The van der Waals surface area contributed by atoms with Crippen LogP contribution in [-0.4, -0.2) is 36.7 Å². The third kappa shape index (κ3) is 4.34. The highest BCUT2D eigenvalue weighted by Gasteiger charge is 2.22. The first-order chi connectivity index (χ1) is 8.96. The van der Waals surface area contributed by atoms with Crippen LogP contribution in [0.25, 0.3) is 0 Å². The first-order valence-corrected chi connectivity index (χ1v) is 7.04. The summed E-state index contributed by atoms with van der Waals surface area (Å²) in [5.41, 5.74) is 1.38. The van der Waals surface area contributed by atoms with E-state index in [9.17, 15) is 0 Å². The first kappa shape index (κ1) is 14.6. The highest BCUT2D eigenvalue weighted by Crippen LogP contribution is 2.18. The topological polar surface area (TPSA) is 37.6 Å². The lowest BCUT2D eigenvalue weighted by Gasteiger charge is -2.23. The van der Waals surface area contributed by atoms with Gasteiger partial charge in [0.2, 0.25) is 0 Å². The van der Waals surface area contributed by atoms with Crippen molar-refractivity contribution in [3.05, 3.63) is 23.7 Å². The minimum atomic E-state index is 0.125. The van der Waals surface area contributed by atoms with E-state index in [1.54, 1.807) is 6.26 Å². The molecule has 1 aliphatic rings. The minimum Gasteiger partial charge on any atom is -0.468 e. The van der Waals surface area contributed by atoms with Crippen LogP contribution in [0.2, 0.25) is 0 Å². The largest absolute Gasteiger partial charge is 0.468 e. The van der Waals surface area contributed by atoms with E-state index in [4.69, 9.17) is 9.15 Å².